The molecule has 0 bridgehead atoms. The molecular formula is C17H18N2OS. The van der Waals surface area contributed by atoms with Crippen LogP contribution < -0.4 is 11.1 Å². The molecule has 21 heavy (non-hydrogen) atoms. The maximum atomic E-state index is 12.0. The predicted molar refractivity (Wildman–Crippen MR) is 86.7 cm³/mol. The Balaban J connectivity index is 2.00. The first kappa shape index (κ1) is 14.2. The number of fused-ring (bicyclic) bond motifs is 1. The van der Waals surface area contributed by atoms with E-state index in [-0.39, 0.29) is 11.9 Å². The maximum Gasteiger partial charge on any atom is 0.251 e. The molecule has 2 aromatic carbocycles. The van der Waals surface area contributed by atoms with Crippen LogP contribution in [0.2, 0.25) is 0 Å². The van der Waals surface area contributed by atoms with Gasteiger partial charge in [0.25, 0.3) is 5.91 Å². The molecule has 0 aliphatic carbocycles. The maximum absolute atomic E-state index is 12.0. The largest absolute Gasteiger partial charge is 0.352 e. The molecule has 3 N–H and O–H groups in total. The summed E-state index contributed by atoms with van der Waals surface area (Å²) in [7, 11) is 0. The Morgan fingerprint density at radius 2 is 2.05 bits per heavy atom. The summed E-state index contributed by atoms with van der Waals surface area (Å²) < 4.78 is 0. The van der Waals surface area contributed by atoms with Gasteiger partial charge in [0.2, 0.25) is 0 Å². The molecule has 0 aromatic heterocycles. The molecule has 1 aliphatic heterocycles. The third-order valence-electron chi connectivity index (χ3n) is 3.89. The van der Waals surface area contributed by atoms with Crippen molar-refractivity contribution in [3.05, 3.63) is 64.7 Å². The van der Waals surface area contributed by atoms with Crippen molar-refractivity contribution >= 4 is 17.7 Å². The second-order valence-electron chi connectivity index (χ2n) is 5.14. The van der Waals surface area contributed by atoms with E-state index in [2.05, 4.69) is 17.4 Å². The van der Waals surface area contributed by atoms with Crippen LogP contribution in [0, 0.1) is 0 Å². The summed E-state index contributed by atoms with van der Waals surface area (Å²) in [6.45, 7) is 0.715. The summed E-state index contributed by atoms with van der Waals surface area (Å²) >= 11 is 1.69. The molecule has 3 rings (SSSR count). The van der Waals surface area contributed by atoms with Crippen molar-refractivity contribution in [1.29, 1.82) is 0 Å². The minimum absolute atomic E-state index is 0.00320. The average Bonchev–Trinajstić information content (AvgIpc) is 2.54. The lowest BCUT2D eigenvalue weighted by Crippen LogP contribution is -2.32. The number of nitrogens with one attached hydrogen (secondary N) is 1. The van der Waals surface area contributed by atoms with Gasteiger partial charge < -0.3 is 11.1 Å². The normalized spacial score (nSPS) is 15.2. The minimum atomic E-state index is -0.214. The summed E-state index contributed by atoms with van der Waals surface area (Å²) in [4.78, 5) is 13.1. The highest BCUT2D eigenvalue weighted by molar-refractivity contribution is 7.98. The van der Waals surface area contributed by atoms with Crippen molar-refractivity contribution in [3.63, 3.8) is 0 Å². The predicted octanol–water partition coefficient (Wildman–Crippen LogP) is 2.74. The van der Waals surface area contributed by atoms with Crippen molar-refractivity contribution < 1.29 is 4.79 Å². The summed E-state index contributed by atoms with van der Waals surface area (Å²) in [5, 5.41) is 2.88. The van der Waals surface area contributed by atoms with Gasteiger partial charge in [-0.05, 0) is 41.5 Å². The van der Waals surface area contributed by atoms with Crippen LogP contribution in [0.4, 0.5) is 0 Å². The first-order valence-corrected chi connectivity index (χ1v) is 8.22. The number of benzene rings is 2. The zero-order chi connectivity index (χ0) is 14.8. The van der Waals surface area contributed by atoms with Gasteiger partial charge in [0.05, 0.1) is 6.04 Å². The van der Waals surface area contributed by atoms with E-state index in [4.69, 9.17) is 5.73 Å². The van der Waals surface area contributed by atoms with Gasteiger partial charge in [-0.25, -0.2) is 0 Å². The molecule has 1 heterocycles. The van der Waals surface area contributed by atoms with E-state index in [0.717, 1.165) is 28.7 Å². The number of hydrogen-bond donors (Lipinski definition) is 2. The number of amides is 1. The SMILES string of the molecule is CSc1ccccc1C(N)c1ccc2c(c1)C(=O)NCC2. The molecule has 0 saturated carbocycles. The number of hydrogen-bond acceptors (Lipinski definition) is 3. The highest BCUT2D eigenvalue weighted by Crippen LogP contribution is 2.29. The molecule has 1 amide bonds. The smallest absolute Gasteiger partial charge is 0.251 e. The zero-order valence-electron chi connectivity index (χ0n) is 11.9. The average molecular weight is 298 g/mol. The molecule has 0 saturated heterocycles. The second-order valence-corrected chi connectivity index (χ2v) is 5.99. The van der Waals surface area contributed by atoms with E-state index < -0.39 is 0 Å². The molecule has 1 atom stereocenters. The van der Waals surface area contributed by atoms with E-state index in [1.807, 2.05) is 36.6 Å². The van der Waals surface area contributed by atoms with E-state index >= 15 is 0 Å². The van der Waals surface area contributed by atoms with Crippen molar-refractivity contribution in [2.24, 2.45) is 5.73 Å². The van der Waals surface area contributed by atoms with Gasteiger partial charge in [0.15, 0.2) is 0 Å². The quantitative estimate of drug-likeness (QED) is 0.857. The standard InChI is InChI=1S/C17H18N2OS/c1-21-15-5-3-2-4-13(15)16(18)12-7-6-11-8-9-19-17(20)14(11)10-12/h2-7,10,16H,8-9,18H2,1H3,(H,19,20). The van der Waals surface area contributed by atoms with E-state index in [1.54, 1.807) is 11.8 Å². The Morgan fingerprint density at radius 3 is 2.86 bits per heavy atom. The number of rotatable bonds is 3. The molecule has 2 aromatic rings. The van der Waals surface area contributed by atoms with Crippen LogP contribution in [0.25, 0.3) is 0 Å². The third kappa shape index (κ3) is 2.69. The lowest BCUT2D eigenvalue weighted by Gasteiger charge is -2.20. The van der Waals surface area contributed by atoms with Crippen LogP contribution in [-0.4, -0.2) is 18.7 Å². The molecule has 0 spiro atoms. The van der Waals surface area contributed by atoms with Gasteiger partial charge in [-0.2, -0.15) is 0 Å². The van der Waals surface area contributed by atoms with Gasteiger partial charge >= 0.3 is 0 Å². The van der Waals surface area contributed by atoms with E-state index in [9.17, 15) is 4.79 Å². The molecule has 4 heteroatoms. The van der Waals surface area contributed by atoms with Crippen molar-refractivity contribution in [1.82, 2.24) is 5.32 Å². The first-order valence-electron chi connectivity index (χ1n) is 7.00. The molecule has 0 radical (unpaired) electrons. The Morgan fingerprint density at radius 1 is 1.24 bits per heavy atom. The third-order valence-corrected chi connectivity index (χ3v) is 4.70. The number of carbonyl (C=O) groups is 1. The fraction of sp³-hybridized carbons (Fsp3) is 0.235. The lowest BCUT2D eigenvalue weighted by molar-refractivity contribution is 0.0946. The summed E-state index contributed by atoms with van der Waals surface area (Å²) in [6.07, 6.45) is 2.93. The summed E-state index contributed by atoms with van der Waals surface area (Å²) in [6, 6.07) is 13.9. The van der Waals surface area contributed by atoms with Crippen molar-refractivity contribution in [2.45, 2.75) is 17.4 Å². The Labute approximate surface area is 128 Å². The lowest BCUT2D eigenvalue weighted by atomic mass is 9.93. The fourth-order valence-corrected chi connectivity index (χ4v) is 3.37. The molecule has 1 aliphatic rings. The summed E-state index contributed by atoms with van der Waals surface area (Å²) in [5.74, 6) is 0.00320. The fourth-order valence-electron chi connectivity index (χ4n) is 2.73. The van der Waals surface area contributed by atoms with Crippen LogP contribution in [0.15, 0.2) is 47.4 Å². The van der Waals surface area contributed by atoms with Crippen LogP contribution in [0.3, 0.4) is 0 Å². The topological polar surface area (TPSA) is 55.1 Å². The Kier molecular flexibility index (Phi) is 3.99. The van der Waals surface area contributed by atoms with Crippen LogP contribution in [-0.2, 0) is 6.42 Å². The molecule has 108 valence electrons. The Hall–Kier alpha value is -1.78. The van der Waals surface area contributed by atoms with Crippen LogP contribution in [0.1, 0.15) is 33.1 Å². The van der Waals surface area contributed by atoms with Gasteiger partial charge in [-0.3, -0.25) is 4.79 Å². The highest BCUT2D eigenvalue weighted by Gasteiger charge is 2.19. The second kappa shape index (κ2) is 5.92. The zero-order valence-corrected chi connectivity index (χ0v) is 12.7. The van der Waals surface area contributed by atoms with Crippen LogP contribution >= 0.6 is 11.8 Å². The molecule has 0 fully saturated rings. The van der Waals surface area contributed by atoms with Crippen molar-refractivity contribution in [2.75, 3.05) is 12.8 Å². The number of carbonyl (C=O) groups excluding carboxylic acids is 1. The van der Waals surface area contributed by atoms with Crippen LogP contribution in [0.5, 0.6) is 0 Å². The molecule has 1 unspecified atom stereocenters. The minimum Gasteiger partial charge on any atom is -0.352 e. The molecular weight excluding hydrogens is 280 g/mol. The molecule has 3 nitrogen and oxygen atoms in total. The van der Waals surface area contributed by atoms with E-state index in [0.29, 0.717) is 6.54 Å². The van der Waals surface area contributed by atoms with Gasteiger partial charge in [-0.1, -0.05) is 30.3 Å². The first-order chi connectivity index (χ1) is 10.2. The summed E-state index contributed by atoms with van der Waals surface area (Å²) in [5.41, 5.74) is 10.4. The number of nitrogens with two attached hydrogens (primary N) is 1. The van der Waals surface area contributed by atoms with Gasteiger partial charge in [0.1, 0.15) is 0 Å². The van der Waals surface area contributed by atoms with Crippen molar-refractivity contribution in [3.8, 4) is 0 Å². The monoisotopic (exact) mass is 298 g/mol. The Bertz CT molecular complexity index is 684. The number of thioether (sulfide) groups is 1. The van der Waals surface area contributed by atoms with Gasteiger partial charge in [0, 0.05) is 17.0 Å². The van der Waals surface area contributed by atoms with Gasteiger partial charge in [-0.15, -0.1) is 11.8 Å². The highest BCUT2D eigenvalue weighted by atomic mass is 32.2. The van der Waals surface area contributed by atoms with E-state index in [1.165, 1.54) is 4.90 Å².